The number of rotatable bonds is 6. The minimum atomic E-state index is -0.533. The van der Waals surface area contributed by atoms with Crippen molar-refractivity contribution in [3.05, 3.63) is 46.2 Å². The second-order valence-corrected chi connectivity index (χ2v) is 6.58. The molecule has 0 radical (unpaired) electrons. The van der Waals surface area contributed by atoms with Crippen LogP contribution in [0.5, 0.6) is 17.2 Å². The van der Waals surface area contributed by atoms with E-state index in [-0.39, 0.29) is 17.7 Å². The van der Waals surface area contributed by atoms with Crippen LogP contribution in [0.1, 0.15) is 24.2 Å². The maximum Gasteiger partial charge on any atom is 0.258 e. The van der Waals surface area contributed by atoms with Gasteiger partial charge in [0.05, 0.1) is 21.3 Å². The molecule has 2 aromatic rings. The van der Waals surface area contributed by atoms with Crippen molar-refractivity contribution < 1.29 is 23.4 Å². The Morgan fingerprint density at radius 1 is 1.00 bits per heavy atom. The van der Waals surface area contributed by atoms with Crippen molar-refractivity contribution in [3.8, 4) is 17.2 Å². The monoisotopic (exact) mass is 425 g/mol. The number of hydrogen-bond acceptors (Lipinski definition) is 4. The highest BCUT2D eigenvalue weighted by atomic mass is 79.9. The zero-order valence-corrected chi connectivity index (χ0v) is 16.9. The summed E-state index contributed by atoms with van der Waals surface area (Å²) >= 11 is 3.38. The fraction of sp³-hybridized carbons (Fsp3) is 0.316. The lowest BCUT2D eigenvalue weighted by Gasteiger charge is -2.27. The maximum absolute atomic E-state index is 14.1. The van der Waals surface area contributed by atoms with Gasteiger partial charge in [-0.15, -0.1) is 0 Å². The van der Waals surface area contributed by atoms with Gasteiger partial charge in [0.15, 0.2) is 11.6 Å². The van der Waals surface area contributed by atoms with Crippen LogP contribution in [0, 0.1) is 5.82 Å². The average Bonchev–Trinajstić information content (AvgIpc) is 2.61. The van der Waals surface area contributed by atoms with E-state index < -0.39 is 5.82 Å². The van der Waals surface area contributed by atoms with Gasteiger partial charge in [-0.25, -0.2) is 4.39 Å². The number of methoxy groups -OCH3 is 3. The summed E-state index contributed by atoms with van der Waals surface area (Å²) in [7, 11) is 4.41. The summed E-state index contributed by atoms with van der Waals surface area (Å²) in [4.78, 5) is 14.7. The molecule has 26 heavy (non-hydrogen) atoms. The minimum Gasteiger partial charge on any atom is -0.495 e. The molecule has 0 bridgehead atoms. The van der Waals surface area contributed by atoms with E-state index in [9.17, 15) is 9.18 Å². The second kappa shape index (κ2) is 8.40. The number of carbonyl (C=O) groups excluding carboxylic acids is 1. The molecule has 0 aliphatic carbocycles. The zero-order valence-electron chi connectivity index (χ0n) is 15.3. The SMILES string of the molecule is COc1ccc(N(C(=O)c2cc(OC)c(Br)c(OC)c2)C(C)C)cc1F. The predicted octanol–water partition coefficient (Wildman–Crippen LogP) is 4.67. The lowest BCUT2D eigenvalue weighted by molar-refractivity contribution is 0.0979. The molecule has 2 aromatic carbocycles. The van der Waals surface area contributed by atoms with Crippen molar-refractivity contribution in [1.82, 2.24) is 0 Å². The molecule has 0 unspecified atom stereocenters. The Morgan fingerprint density at radius 3 is 1.96 bits per heavy atom. The van der Waals surface area contributed by atoms with Crippen LogP contribution in [0.4, 0.5) is 10.1 Å². The fourth-order valence-electron chi connectivity index (χ4n) is 2.59. The Kier molecular flexibility index (Phi) is 6.47. The first-order chi connectivity index (χ1) is 12.3. The molecule has 0 N–H and O–H groups in total. The van der Waals surface area contributed by atoms with Gasteiger partial charge in [-0.3, -0.25) is 4.79 Å². The summed E-state index contributed by atoms with van der Waals surface area (Å²) in [5, 5.41) is 0. The van der Waals surface area contributed by atoms with Gasteiger partial charge in [0, 0.05) is 23.4 Å². The average molecular weight is 426 g/mol. The molecule has 0 aromatic heterocycles. The van der Waals surface area contributed by atoms with Crippen molar-refractivity contribution in [2.45, 2.75) is 19.9 Å². The molecule has 0 spiro atoms. The van der Waals surface area contributed by atoms with E-state index in [0.717, 1.165) is 0 Å². The van der Waals surface area contributed by atoms with Crippen LogP contribution in [-0.4, -0.2) is 33.3 Å². The molecule has 0 atom stereocenters. The van der Waals surface area contributed by atoms with Gasteiger partial charge in [-0.05, 0) is 54.0 Å². The van der Waals surface area contributed by atoms with Gasteiger partial charge in [-0.2, -0.15) is 0 Å². The van der Waals surface area contributed by atoms with Crippen molar-refractivity contribution in [3.63, 3.8) is 0 Å². The van der Waals surface area contributed by atoms with Crippen LogP contribution in [0.15, 0.2) is 34.8 Å². The Labute approximate surface area is 160 Å². The molecule has 0 heterocycles. The third-order valence-corrected chi connectivity index (χ3v) is 4.62. The lowest BCUT2D eigenvalue weighted by Crippen LogP contribution is -2.37. The number of carbonyl (C=O) groups is 1. The normalized spacial score (nSPS) is 10.6. The lowest BCUT2D eigenvalue weighted by atomic mass is 10.1. The van der Waals surface area contributed by atoms with E-state index in [1.54, 1.807) is 18.2 Å². The number of amides is 1. The Balaban J connectivity index is 2.51. The quantitative estimate of drug-likeness (QED) is 0.674. The largest absolute Gasteiger partial charge is 0.495 e. The van der Waals surface area contributed by atoms with Crippen molar-refractivity contribution in [2.75, 3.05) is 26.2 Å². The number of hydrogen-bond donors (Lipinski definition) is 0. The van der Waals surface area contributed by atoms with Crippen molar-refractivity contribution in [1.29, 1.82) is 0 Å². The summed E-state index contributed by atoms with van der Waals surface area (Å²) < 4.78 is 30.3. The highest BCUT2D eigenvalue weighted by Gasteiger charge is 2.24. The first-order valence-electron chi connectivity index (χ1n) is 7.92. The van der Waals surface area contributed by atoms with Gasteiger partial charge < -0.3 is 19.1 Å². The van der Waals surface area contributed by atoms with E-state index in [1.807, 2.05) is 13.8 Å². The topological polar surface area (TPSA) is 48.0 Å². The van der Waals surface area contributed by atoms with Crippen LogP contribution >= 0.6 is 15.9 Å². The Bertz CT molecular complexity index is 785. The molecular weight excluding hydrogens is 405 g/mol. The minimum absolute atomic E-state index is 0.122. The van der Waals surface area contributed by atoms with E-state index >= 15 is 0 Å². The number of ether oxygens (including phenoxy) is 3. The van der Waals surface area contributed by atoms with Gasteiger partial charge in [0.2, 0.25) is 0 Å². The van der Waals surface area contributed by atoms with Crippen LogP contribution in [-0.2, 0) is 0 Å². The smallest absolute Gasteiger partial charge is 0.258 e. The molecule has 0 aliphatic rings. The summed E-state index contributed by atoms with van der Waals surface area (Å²) in [6.07, 6.45) is 0. The summed E-state index contributed by atoms with van der Waals surface area (Å²) in [5.74, 6) is 0.231. The molecule has 7 heteroatoms. The molecule has 1 amide bonds. The highest BCUT2D eigenvalue weighted by Crippen LogP contribution is 2.36. The Morgan fingerprint density at radius 2 is 1.54 bits per heavy atom. The summed E-state index contributed by atoms with van der Waals surface area (Å²) in [5.41, 5.74) is 0.802. The first kappa shape index (κ1) is 20.0. The maximum atomic E-state index is 14.1. The first-order valence-corrected chi connectivity index (χ1v) is 8.72. The van der Waals surface area contributed by atoms with Crippen LogP contribution < -0.4 is 19.1 Å². The molecule has 5 nitrogen and oxygen atoms in total. The van der Waals surface area contributed by atoms with Crippen molar-refractivity contribution >= 4 is 27.5 Å². The highest BCUT2D eigenvalue weighted by molar-refractivity contribution is 9.10. The zero-order chi connectivity index (χ0) is 19.4. The fourth-order valence-corrected chi connectivity index (χ4v) is 3.14. The van der Waals surface area contributed by atoms with E-state index in [4.69, 9.17) is 14.2 Å². The van der Waals surface area contributed by atoms with Gasteiger partial charge in [-0.1, -0.05) is 0 Å². The Hall–Kier alpha value is -2.28. The summed E-state index contributed by atoms with van der Waals surface area (Å²) in [6.45, 7) is 3.71. The second-order valence-electron chi connectivity index (χ2n) is 5.78. The van der Waals surface area contributed by atoms with Crippen LogP contribution in [0.25, 0.3) is 0 Å². The predicted molar refractivity (Wildman–Crippen MR) is 102 cm³/mol. The van der Waals surface area contributed by atoms with E-state index in [0.29, 0.717) is 27.2 Å². The number of anilines is 1. The van der Waals surface area contributed by atoms with Gasteiger partial charge >= 0.3 is 0 Å². The van der Waals surface area contributed by atoms with Gasteiger partial charge in [0.1, 0.15) is 16.0 Å². The summed E-state index contributed by atoms with van der Waals surface area (Å²) in [6, 6.07) is 7.46. The van der Waals surface area contributed by atoms with Crippen LogP contribution in [0.3, 0.4) is 0 Å². The number of halogens is 2. The molecule has 0 saturated heterocycles. The standard InChI is InChI=1S/C19H21BrFNO4/c1-11(2)22(13-6-7-15(24-3)14(21)10-13)19(23)12-8-16(25-4)18(20)17(9-12)26-5/h6-11H,1-5H3. The third kappa shape index (κ3) is 3.93. The molecule has 0 aliphatic heterocycles. The van der Waals surface area contributed by atoms with Crippen molar-refractivity contribution in [2.24, 2.45) is 0 Å². The van der Waals surface area contributed by atoms with E-state index in [1.165, 1.54) is 38.4 Å². The molecule has 0 saturated carbocycles. The van der Waals surface area contributed by atoms with Crippen LogP contribution in [0.2, 0.25) is 0 Å². The molecule has 2 rings (SSSR count). The third-order valence-electron chi connectivity index (χ3n) is 3.84. The molecule has 140 valence electrons. The van der Waals surface area contributed by atoms with Gasteiger partial charge in [0.25, 0.3) is 5.91 Å². The molecular formula is C19H21BrFNO4. The van der Waals surface area contributed by atoms with E-state index in [2.05, 4.69) is 15.9 Å². The number of benzene rings is 2. The number of nitrogens with zero attached hydrogens (tertiary/aromatic N) is 1. The molecule has 0 fully saturated rings.